The molecule has 1 aromatic carbocycles. The Bertz CT molecular complexity index is 580. The second-order valence-corrected chi connectivity index (χ2v) is 5.55. The highest BCUT2D eigenvalue weighted by Gasteiger charge is 2.18. The Hall–Kier alpha value is -1.73. The molecule has 98 valence electrons. The van der Waals surface area contributed by atoms with E-state index >= 15 is 0 Å². The third kappa shape index (κ3) is 3.38. The van der Waals surface area contributed by atoms with Crippen LogP contribution in [0, 0.1) is 0 Å². The predicted octanol–water partition coefficient (Wildman–Crippen LogP) is 0.971. The normalized spacial score (nSPS) is 12.4. The van der Waals surface area contributed by atoms with Gasteiger partial charge < -0.3 is 10.8 Å². The zero-order chi connectivity index (χ0) is 13.8. The van der Waals surface area contributed by atoms with Gasteiger partial charge in [0.05, 0.1) is 22.5 Å². The predicted molar refractivity (Wildman–Crippen MR) is 63.7 cm³/mol. The van der Waals surface area contributed by atoms with E-state index in [-0.39, 0.29) is 28.9 Å². The number of sulfone groups is 1. The van der Waals surface area contributed by atoms with Gasteiger partial charge in [-0.25, -0.2) is 17.6 Å². The van der Waals surface area contributed by atoms with Gasteiger partial charge in [0.1, 0.15) is 0 Å². The lowest BCUT2D eigenvalue weighted by Gasteiger charge is -2.06. The van der Waals surface area contributed by atoms with Crippen molar-refractivity contribution in [3.63, 3.8) is 0 Å². The van der Waals surface area contributed by atoms with E-state index in [1.54, 1.807) is 0 Å². The van der Waals surface area contributed by atoms with Crippen LogP contribution in [-0.4, -0.2) is 31.8 Å². The third-order valence-electron chi connectivity index (χ3n) is 2.23. The van der Waals surface area contributed by atoms with E-state index in [2.05, 4.69) is 0 Å². The lowest BCUT2D eigenvalue weighted by molar-refractivity contribution is 0.0696. The molecule has 0 saturated carbocycles. The molecule has 0 fully saturated rings. The average molecular weight is 273 g/mol. The number of carboxylic acid groups (broad SMARTS) is 1. The Labute approximate surface area is 104 Å². The highest BCUT2D eigenvalue weighted by Crippen LogP contribution is 2.15. The van der Waals surface area contributed by atoms with Gasteiger partial charge in [0.15, 0.2) is 9.84 Å². The summed E-state index contributed by atoms with van der Waals surface area (Å²) < 4.78 is 36.1. The van der Waals surface area contributed by atoms with E-state index in [9.17, 15) is 17.6 Å². The lowest BCUT2D eigenvalue weighted by Crippen LogP contribution is -2.15. The highest BCUT2D eigenvalue weighted by molar-refractivity contribution is 7.91. The topological polar surface area (TPSA) is 97.5 Å². The minimum absolute atomic E-state index is 0.0734. The number of halogens is 1. The molecule has 1 aromatic rings. The molecule has 1 rings (SSSR count). The number of hydrogen-bond donors (Lipinski definition) is 2. The monoisotopic (exact) mass is 273 g/mol. The Kier molecular flexibility index (Phi) is 4.57. The van der Waals surface area contributed by atoms with Crippen molar-refractivity contribution in [2.24, 2.45) is 5.73 Å². The standard InChI is InChI=1S/C11H12FNO4S/c12-5-8(6-13)7-18(16,17)10-3-1-2-9(4-10)11(14)15/h1-5H,6-7,13H2,(H,14,15)/b8-5+. The van der Waals surface area contributed by atoms with E-state index in [4.69, 9.17) is 10.8 Å². The minimum Gasteiger partial charge on any atom is -0.478 e. The molecule has 0 amide bonds. The van der Waals surface area contributed by atoms with Crippen LogP contribution in [0.1, 0.15) is 10.4 Å². The summed E-state index contributed by atoms with van der Waals surface area (Å²) in [5.74, 6) is -1.80. The van der Waals surface area contributed by atoms with Crippen molar-refractivity contribution in [3.8, 4) is 0 Å². The van der Waals surface area contributed by atoms with Gasteiger partial charge in [-0.3, -0.25) is 0 Å². The van der Waals surface area contributed by atoms with E-state index in [0.29, 0.717) is 0 Å². The second-order valence-electron chi connectivity index (χ2n) is 3.56. The summed E-state index contributed by atoms with van der Waals surface area (Å²) in [4.78, 5) is 10.6. The van der Waals surface area contributed by atoms with Gasteiger partial charge in [-0.15, -0.1) is 0 Å². The molecule has 0 heterocycles. The van der Waals surface area contributed by atoms with E-state index < -0.39 is 21.6 Å². The first-order valence-corrected chi connectivity index (χ1v) is 6.60. The number of carboxylic acids is 1. The van der Waals surface area contributed by atoms with Crippen molar-refractivity contribution in [3.05, 3.63) is 41.7 Å². The van der Waals surface area contributed by atoms with Gasteiger partial charge in [0, 0.05) is 6.54 Å². The van der Waals surface area contributed by atoms with Gasteiger partial charge in [-0.2, -0.15) is 0 Å². The molecular weight excluding hydrogens is 261 g/mol. The number of rotatable bonds is 5. The molecule has 5 nitrogen and oxygen atoms in total. The van der Waals surface area contributed by atoms with Crippen LogP contribution in [0.5, 0.6) is 0 Å². The van der Waals surface area contributed by atoms with Crippen LogP contribution < -0.4 is 5.73 Å². The summed E-state index contributed by atoms with van der Waals surface area (Å²) >= 11 is 0. The zero-order valence-corrected chi connectivity index (χ0v) is 10.2. The van der Waals surface area contributed by atoms with Gasteiger partial charge in [-0.1, -0.05) is 6.07 Å². The van der Waals surface area contributed by atoms with Crippen molar-refractivity contribution in [1.82, 2.24) is 0 Å². The van der Waals surface area contributed by atoms with E-state index in [1.807, 2.05) is 0 Å². The van der Waals surface area contributed by atoms with Gasteiger partial charge >= 0.3 is 5.97 Å². The molecular formula is C11H12FNO4S. The maximum Gasteiger partial charge on any atom is 0.335 e. The highest BCUT2D eigenvalue weighted by atomic mass is 32.2. The lowest BCUT2D eigenvalue weighted by atomic mass is 10.2. The molecule has 7 heteroatoms. The molecule has 0 aliphatic rings. The molecule has 18 heavy (non-hydrogen) atoms. The van der Waals surface area contributed by atoms with E-state index in [0.717, 1.165) is 6.07 Å². The van der Waals surface area contributed by atoms with Crippen LogP contribution in [0.4, 0.5) is 4.39 Å². The summed E-state index contributed by atoms with van der Waals surface area (Å²) in [5, 5.41) is 8.76. The molecule has 0 atom stereocenters. The number of hydrogen-bond acceptors (Lipinski definition) is 4. The van der Waals surface area contributed by atoms with Crippen molar-refractivity contribution >= 4 is 15.8 Å². The van der Waals surface area contributed by atoms with Crippen LogP contribution in [0.3, 0.4) is 0 Å². The maximum absolute atomic E-state index is 12.3. The maximum atomic E-state index is 12.3. The molecule has 0 saturated heterocycles. The summed E-state index contributed by atoms with van der Waals surface area (Å²) in [6.07, 6.45) is 0.151. The summed E-state index contributed by atoms with van der Waals surface area (Å²) in [6, 6.07) is 4.88. The largest absolute Gasteiger partial charge is 0.478 e. The van der Waals surface area contributed by atoms with Crippen LogP contribution in [0.2, 0.25) is 0 Å². The zero-order valence-electron chi connectivity index (χ0n) is 9.34. The summed E-state index contributed by atoms with van der Waals surface area (Å²) in [6.45, 7) is -0.214. The quantitative estimate of drug-likeness (QED) is 0.833. The van der Waals surface area contributed by atoms with Crippen molar-refractivity contribution < 1.29 is 22.7 Å². The Morgan fingerprint density at radius 2 is 2.11 bits per heavy atom. The van der Waals surface area contributed by atoms with Gasteiger partial charge in [0.2, 0.25) is 0 Å². The fraction of sp³-hybridized carbons (Fsp3) is 0.182. The average Bonchev–Trinajstić information content (AvgIpc) is 2.36. The fourth-order valence-electron chi connectivity index (χ4n) is 1.28. The SMILES string of the molecule is NC/C(=C\F)CS(=O)(=O)c1cccc(C(=O)O)c1. The first-order chi connectivity index (χ1) is 8.40. The Morgan fingerprint density at radius 1 is 1.44 bits per heavy atom. The van der Waals surface area contributed by atoms with Gasteiger partial charge in [-0.05, 0) is 23.8 Å². The molecule has 0 aliphatic carbocycles. The summed E-state index contributed by atoms with van der Waals surface area (Å²) in [5.41, 5.74) is 4.96. The van der Waals surface area contributed by atoms with Crippen LogP contribution in [-0.2, 0) is 9.84 Å². The molecule has 0 aliphatic heterocycles. The first-order valence-electron chi connectivity index (χ1n) is 4.95. The van der Waals surface area contributed by atoms with Crippen LogP contribution in [0.15, 0.2) is 41.1 Å². The first kappa shape index (κ1) is 14.3. The smallest absolute Gasteiger partial charge is 0.335 e. The number of carbonyl (C=O) groups is 1. The van der Waals surface area contributed by atoms with Crippen molar-refractivity contribution in [1.29, 1.82) is 0 Å². The molecule has 0 unspecified atom stereocenters. The second kappa shape index (κ2) is 5.74. The Morgan fingerprint density at radius 3 is 2.61 bits per heavy atom. The van der Waals surface area contributed by atoms with Crippen LogP contribution >= 0.6 is 0 Å². The number of aromatic carboxylic acids is 1. The number of benzene rings is 1. The van der Waals surface area contributed by atoms with Crippen LogP contribution in [0.25, 0.3) is 0 Å². The van der Waals surface area contributed by atoms with Gasteiger partial charge in [0.25, 0.3) is 0 Å². The van der Waals surface area contributed by atoms with E-state index in [1.165, 1.54) is 18.2 Å². The van der Waals surface area contributed by atoms with Crippen molar-refractivity contribution in [2.75, 3.05) is 12.3 Å². The Balaban J connectivity index is 3.13. The van der Waals surface area contributed by atoms with Crippen molar-refractivity contribution in [2.45, 2.75) is 4.90 Å². The molecule has 0 spiro atoms. The molecule has 0 aromatic heterocycles. The molecule has 3 N–H and O–H groups in total. The minimum atomic E-state index is -3.79. The molecule has 0 radical (unpaired) electrons. The summed E-state index contributed by atoms with van der Waals surface area (Å²) in [7, 11) is -3.79. The third-order valence-corrected chi connectivity index (χ3v) is 3.96. The number of nitrogens with two attached hydrogens (primary N) is 1. The fourth-order valence-corrected chi connectivity index (χ4v) is 2.71. The molecule has 0 bridgehead atoms.